The SMILES string of the molecule is CCOCC1CCCN(C(=O)C2(c3ccc(Cl)cc3)CC2)C1. The molecule has 1 saturated carbocycles. The van der Waals surface area contributed by atoms with E-state index in [2.05, 4.69) is 4.90 Å². The lowest BCUT2D eigenvalue weighted by Crippen LogP contribution is -2.46. The topological polar surface area (TPSA) is 29.5 Å². The molecule has 0 aromatic heterocycles. The molecule has 1 aliphatic heterocycles. The van der Waals surface area contributed by atoms with E-state index in [1.165, 1.54) is 0 Å². The van der Waals surface area contributed by atoms with Crippen molar-refractivity contribution < 1.29 is 9.53 Å². The number of carbonyl (C=O) groups is 1. The quantitative estimate of drug-likeness (QED) is 0.828. The molecule has 1 unspecified atom stereocenters. The molecule has 1 atom stereocenters. The van der Waals surface area contributed by atoms with Crippen molar-refractivity contribution in [2.24, 2.45) is 5.92 Å². The van der Waals surface area contributed by atoms with Crippen LogP contribution in [0, 0.1) is 5.92 Å². The van der Waals surface area contributed by atoms with Crippen molar-refractivity contribution in [1.82, 2.24) is 4.90 Å². The van der Waals surface area contributed by atoms with Gasteiger partial charge in [0.1, 0.15) is 0 Å². The van der Waals surface area contributed by atoms with Crippen molar-refractivity contribution in [2.75, 3.05) is 26.3 Å². The molecule has 0 spiro atoms. The van der Waals surface area contributed by atoms with Crippen molar-refractivity contribution >= 4 is 17.5 Å². The van der Waals surface area contributed by atoms with Crippen molar-refractivity contribution in [3.05, 3.63) is 34.9 Å². The number of piperidine rings is 1. The van der Waals surface area contributed by atoms with E-state index in [0.717, 1.165) is 62.6 Å². The molecular formula is C18H24ClNO2. The number of hydrogen-bond donors (Lipinski definition) is 0. The van der Waals surface area contributed by atoms with Gasteiger partial charge in [-0.05, 0) is 56.2 Å². The highest BCUT2D eigenvalue weighted by Crippen LogP contribution is 2.50. The summed E-state index contributed by atoms with van der Waals surface area (Å²) in [5.41, 5.74) is 0.840. The number of nitrogens with zero attached hydrogens (tertiary/aromatic N) is 1. The Morgan fingerprint density at radius 3 is 2.73 bits per heavy atom. The summed E-state index contributed by atoms with van der Waals surface area (Å²) in [5, 5.41) is 0.724. The normalized spacial score (nSPS) is 23.4. The van der Waals surface area contributed by atoms with Gasteiger partial charge < -0.3 is 9.64 Å². The molecule has 3 rings (SSSR count). The Hall–Kier alpha value is -1.06. The third-order valence-electron chi connectivity index (χ3n) is 4.92. The largest absolute Gasteiger partial charge is 0.381 e. The molecule has 0 radical (unpaired) electrons. The second-order valence-corrected chi connectivity index (χ2v) is 6.94. The molecule has 0 bridgehead atoms. The summed E-state index contributed by atoms with van der Waals surface area (Å²) in [6.45, 7) is 5.27. The molecular weight excluding hydrogens is 298 g/mol. The molecule has 0 N–H and O–H groups in total. The fourth-order valence-corrected chi connectivity index (χ4v) is 3.62. The van der Waals surface area contributed by atoms with Crippen LogP contribution in [0.3, 0.4) is 0 Å². The Morgan fingerprint density at radius 1 is 1.36 bits per heavy atom. The summed E-state index contributed by atoms with van der Waals surface area (Å²) in [4.78, 5) is 15.1. The number of rotatable bonds is 5. The molecule has 22 heavy (non-hydrogen) atoms. The first-order chi connectivity index (χ1) is 10.7. The summed E-state index contributed by atoms with van der Waals surface area (Å²) in [5.74, 6) is 0.787. The Kier molecular flexibility index (Phi) is 4.74. The Balaban J connectivity index is 1.69. The predicted octanol–water partition coefficient (Wildman–Crippen LogP) is 3.65. The number of ether oxygens (including phenoxy) is 1. The van der Waals surface area contributed by atoms with E-state index in [1.54, 1.807) is 0 Å². The maximum atomic E-state index is 13.0. The summed E-state index contributed by atoms with van der Waals surface area (Å²) in [7, 11) is 0. The maximum absolute atomic E-state index is 13.0. The summed E-state index contributed by atoms with van der Waals surface area (Å²) >= 11 is 5.97. The van der Waals surface area contributed by atoms with Gasteiger partial charge in [-0.25, -0.2) is 0 Å². The number of carbonyl (C=O) groups excluding carboxylic acids is 1. The van der Waals surface area contributed by atoms with E-state index < -0.39 is 0 Å². The average molecular weight is 322 g/mol. The second kappa shape index (κ2) is 6.59. The lowest BCUT2D eigenvalue weighted by molar-refractivity contribution is -0.136. The van der Waals surface area contributed by atoms with Crippen LogP contribution in [0.4, 0.5) is 0 Å². The van der Waals surface area contributed by atoms with Crippen LogP contribution < -0.4 is 0 Å². The summed E-state index contributed by atoms with van der Waals surface area (Å²) < 4.78 is 5.55. The highest BCUT2D eigenvalue weighted by atomic mass is 35.5. The number of benzene rings is 1. The van der Waals surface area contributed by atoms with Crippen LogP contribution in [0.1, 0.15) is 38.2 Å². The van der Waals surface area contributed by atoms with Gasteiger partial charge in [-0.15, -0.1) is 0 Å². The highest BCUT2D eigenvalue weighted by molar-refractivity contribution is 6.30. The van der Waals surface area contributed by atoms with Gasteiger partial charge in [-0.2, -0.15) is 0 Å². The zero-order chi connectivity index (χ0) is 15.6. The molecule has 3 nitrogen and oxygen atoms in total. The molecule has 120 valence electrons. The molecule has 1 aromatic rings. The van der Waals surface area contributed by atoms with Crippen molar-refractivity contribution in [3.8, 4) is 0 Å². The Labute approximate surface area is 137 Å². The van der Waals surface area contributed by atoms with Crippen LogP contribution in [0.25, 0.3) is 0 Å². The second-order valence-electron chi connectivity index (χ2n) is 6.51. The first-order valence-electron chi connectivity index (χ1n) is 8.29. The molecule has 1 saturated heterocycles. The fraction of sp³-hybridized carbons (Fsp3) is 0.611. The molecule has 2 aliphatic rings. The number of halogens is 1. The van der Waals surface area contributed by atoms with E-state index in [0.29, 0.717) is 11.8 Å². The van der Waals surface area contributed by atoms with Gasteiger partial charge in [0.15, 0.2) is 0 Å². The molecule has 1 aliphatic carbocycles. The van der Waals surface area contributed by atoms with E-state index >= 15 is 0 Å². The number of hydrogen-bond acceptors (Lipinski definition) is 2. The predicted molar refractivity (Wildman–Crippen MR) is 88.2 cm³/mol. The molecule has 1 amide bonds. The Morgan fingerprint density at radius 2 is 2.09 bits per heavy atom. The zero-order valence-electron chi connectivity index (χ0n) is 13.2. The van der Waals surface area contributed by atoms with Gasteiger partial charge in [-0.3, -0.25) is 4.79 Å². The van der Waals surface area contributed by atoms with Gasteiger partial charge >= 0.3 is 0 Å². The first-order valence-corrected chi connectivity index (χ1v) is 8.66. The van der Waals surface area contributed by atoms with Crippen molar-refractivity contribution in [2.45, 2.75) is 38.0 Å². The van der Waals surface area contributed by atoms with Gasteiger partial charge in [0.2, 0.25) is 5.91 Å². The minimum atomic E-state index is -0.280. The molecule has 2 fully saturated rings. The van der Waals surface area contributed by atoms with Gasteiger partial charge in [0.05, 0.1) is 12.0 Å². The minimum absolute atomic E-state index is 0.280. The highest BCUT2D eigenvalue weighted by Gasteiger charge is 2.53. The average Bonchev–Trinajstić information content (AvgIpc) is 3.35. The summed E-state index contributed by atoms with van der Waals surface area (Å²) in [6.07, 6.45) is 4.16. The lowest BCUT2D eigenvalue weighted by Gasteiger charge is -2.35. The number of likely N-dealkylation sites (tertiary alicyclic amines) is 1. The van der Waals surface area contributed by atoms with E-state index in [4.69, 9.17) is 16.3 Å². The molecule has 1 aromatic carbocycles. The molecule has 4 heteroatoms. The van der Waals surface area contributed by atoms with Crippen LogP contribution in [0.2, 0.25) is 5.02 Å². The van der Waals surface area contributed by atoms with Crippen LogP contribution in [0.15, 0.2) is 24.3 Å². The summed E-state index contributed by atoms with van der Waals surface area (Å²) in [6, 6.07) is 7.79. The van der Waals surface area contributed by atoms with Gasteiger partial charge in [-0.1, -0.05) is 23.7 Å². The zero-order valence-corrected chi connectivity index (χ0v) is 13.9. The van der Waals surface area contributed by atoms with Crippen molar-refractivity contribution in [3.63, 3.8) is 0 Å². The molecule has 1 heterocycles. The van der Waals surface area contributed by atoms with Gasteiger partial charge in [0, 0.05) is 24.7 Å². The minimum Gasteiger partial charge on any atom is -0.381 e. The smallest absolute Gasteiger partial charge is 0.233 e. The monoisotopic (exact) mass is 321 g/mol. The van der Waals surface area contributed by atoms with Gasteiger partial charge in [0.25, 0.3) is 0 Å². The van der Waals surface area contributed by atoms with Crippen LogP contribution in [-0.2, 0) is 14.9 Å². The fourth-order valence-electron chi connectivity index (χ4n) is 3.49. The van der Waals surface area contributed by atoms with Crippen LogP contribution in [-0.4, -0.2) is 37.1 Å². The number of amides is 1. The third-order valence-corrected chi connectivity index (χ3v) is 5.17. The van der Waals surface area contributed by atoms with E-state index in [1.807, 2.05) is 31.2 Å². The third kappa shape index (κ3) is 3.16. The van der Waals surface area contributed by atoms with Crippen LogP contribution in [0.5, 0.6) is 0 Å². The Bertz CT molecular complexity index is 524. The van der Waals surface area contributed by atoms with Crippen molar-refractivity contribution in [1.29, 1.82) is 0 Å². The maximum Gasteiger partial charge on any atom is 0.233 e. The first kappa shape index (κ1) is 15.8. The van der Waals surface area contributed by atoms with E-state index in [9.17, 15) is 4.79 Å². The van der Waals surface area contributed by atoms with E-state index in [-0.39, 0.29) is 5.41 Å². The standard InChI is InChI=1S/C18H24ClNO2/c1-2-22-13-14-4-3-11-20(12-14)17(21)18(9-10-18)15-5-7-16(19)8-6-15/h5-8,14H,2-4,9-13H2,1H3. The lowest BCUT2D eigenvalue weighted by atomic mass is 9.91. The van der Waals surface area contributed by atoms with Crippen LogP contribution >= 0.6 is 11.6 Å².